The zero-order valence-electron chi connectivity index (χ0n) is 9.07. The standard InChI is InChI=1S/C13H14N2/c1-10-5-4-6-13(11(10)2)12(3)15-8-7-14-9-15/h4-9H,3H2,1-2H3. The first kappa shape index (κ1) is 9.71. The highest BCUT2D eigenvalue weighted by Gasteiger charge is 2.05. The second-order valence-corrected chi connectivity index (χ2v) is 3.66. The van der Waals surface area contributed by atoms with E-state index < -0.39 is 0 Å². The van der Waals surface area contributed by atoms with Crippen LogP contribution in [0.1, 0.15) is 16.7 Å². The number of imidazole rings is 1. The Balaban J connectivity index is 2.47. The molecule has 0 N–H and O–H groups in total. The number of aryl methyl sites for hydroxylation is 1. The van der Waals surface area contributed by atoms with Gasteiger partial charge < -0.3 is 4.57 Å². The highest BCUT2D eigenvalue weighted by Crippen LogP contribution is 2.21. The molecule has 0 amide bonds. The summed E-state index contributed by atoms with van der Waals surface area (Å²) in [5, 5.41) is 0. The fourth-order valence-corrected chi connectivity index (χ4v) is 1.62. The molecular formula is C13H14N2. The fraction of sp³-hybridized carbons (Fsp3) is 0.154. The number of aromatic nitrogens is 2. The zero-order valence-corrected chi connectivity index (χ0v) is 9.07. The number of benzene rings is 1. The van der Waals surface area contributed by atoms with Gasteiger partial charge >= 0.3 is 0 Å². The number of nitrogens with zero attached hydrogens (tertiary/aromatic N) is 2. The van der Waals surface area contributed by atoms with Crippen molar-refractivity contribution in [2.75, 3.05) is 0 Å². The molecule has 0 saturated heterocycles. The van der Waals surface area contributed by atoms with Crippen LogP contribution in [-0.4, -0.2) is 9.55 Å². The van der Waals surface area contributed by atoms with Crippen molar-refractivity contribution in [2.24, 2.45) is 0 Å². The van der Waals surface area contributed by atoms with Gasteiger partial charge in [-0.15, -0.1) is 0 Å². The number of hydrogen-bond acceptors (Lipinski definition) is 1. The summed E-state index contributed by atoms with van der Waals surface area (Å²) in [6, 6.07) is 6.25. The van der Waals surface area contributed by atoms with Crippen molar-refractivity contribution in [2.45, 2.75) is 13.8 Å². The van der Waals surface area contributed by atoms with E-state index in [1.807, 2.05) is 10.8 Å². The molecule has 0 bridgehead atoms. The summed E-state index contributed by atoms with van der Waals surface area (Å²) in [7, 11) is 0. The third-order valence-corrected chi connectivity index (χ3v) is 2.73. The molecule has 1 aromatic carbocycles. The molecule has 2 nitrogen and oxygen atoms in total. The molecule has 76 valence electrons. The average Bonchev–Trinajstić information content (AvgIpc) is 2.74. The van der Waals surface area contributed by atoms with E-state index in [0.29, 0.717) is 0 Å². The van der Waals surface area contributed by atoms with Crippen LogP contribution in [0.15, 0.2) is 43.5 Å². The molecule has 0 spiro atoms. The molecule has 2 heteroatoms. The van der Waals surface area contributed by atoms with Gasteiger partial charge in [0.05, 0.1) is 6.33 Å². The maximum absolute atomic E-state index is 4.09. The summed E-state index contributed by atoms with van der Waals surface area (Å²) in [6.45, 7) is 8.32. The van der Waals surface area contributed by atoms with Crippen LogP contribution in [0.25, 0.3) is 5.70 Å². The van der Waals surface area contributed by atoms with Crippen molar-refractivity contribution < 1.29 is 0 Å². The fourth-order valence-electron chi connectivity index (χ4n) is 1.62. The Labute approximate surface area is 89.9 Å². The van der Waals surface area contributed by atoms with E-state index in [9.17, 15) is 0 Å². The van der Waals surface area contributed by atoms with Crippen molar-refractivity contribution in [3.8, 4) is 0 Å². The van der Waals surface area contributed by atoms with Crippen LogP contribution in [0.2, 0.25) is 0 Å². The van der Waals surface area contributed by atoms with Crippen molar-refractivity contribution in [3.63, 3.8) is 0 Å². The Morgan fingerprint density at radius 3 is 2.80 bits per heavy atom. The van der Waals surface area contributed by atoms with E-state index >= 15 is 0 Å². The second kappa shape index (κ2) is 3.73. The monoisotopic (exact) mass is 198 g/mol. The molecule has 0 saturated carbocycles. The van der Waals surface area contributed by atoms with E-state index in [0.717, 1.165) is 5.70 Å². The lowest BCUT2D eigenvalue weighted by Gasteiger charge is -2.11. The van der Waals surface area contributed by atoms with Gasteiger partial charge in [0.1, 0.15) is 0 Å². The SMILES string of the molecule is C=C(c1cccc(C)c1C)n1ccnc1. The Kier molecular flexibility index (Phi) is 2.42. The predicted molar refractivity (Wildman–Crippen MR) is 62.6 cm³/mol. The molecule has 2 aromatic rings. The highest BCUT2D eigenvalue weighted by atomic mass is 15.0. The minimum Gasteiger partial charge on any atom is -0.306 e. The molecule has 15 heavy (non-hydrogen) atoms. The van der Waals surface area contributed by atoms with Gasteiger partial charge in [-0.25, -0.2) is 4.98 Å². The Morgan fingerprint density at radius 2 is 2.13 bits per heavy atom. The topological polar surface area (TPSA) is 17.8 Å². The second-order valence-electron chi connectivity index (χ2n) is 3.66. The molecule has 0 aliphatic heterocycles. The molecule has 0 radical (unpaired) electrons. The van der Waals surface area contributed by atoms with Crippen molar-refractivity contribution in [1.82, 2.24) is 9.55 Å². The molecule has 1 heterocycles. The molecule has 0 fully saturated rings. The molecule has 2 rings (SSSR count). The van der Waals surface area contributed by atoms with Crippen LogP contribution < -0.4 is 0 Å². The van der Waals surface area contributed by atoms with Gasteiger partial charge in [0.25, 0.3) is 0 Å². The largest absolute Gasteiger partial charge is 0.306 e. The van der Waals surface area contributed by atoms with Crippen LogP contribution in [-0.2, 0) is 0 Å². The maximum Gasteiger partial charge on any atom is 0.0991 e. The first-order valence-electron chi connectivity index (χ1n) is 4.94. The van der Waals surface area contributed by atoms with Crippen LogP contribution in [0.5, 0.6) is 0 Å². The Morgan fingerprint density at radius 1 is 1.33 bits per heavy atom. The van der Waals surface area contributed by atoms with Crippen LogP contribution >= 0.6 is 0 Å². The van der Waals surface area contributed by atoms with E-state index in [4.69, 9.17) is 0 Å². The van der Waals surface area contributed by atoms with Gasteiger partial charge in [0.15, 0.2) is 0 Å². The van der Waals surface area contributed by atoms with Crippen LogP contribution in [0, 0.1) is 13.8 Å². The summed E-state index contributed by atoms with van der Waals surface area (Å²) in [6.07, 6.45) is 5.44. The summed E-state index contributed by atoms with van der Waals surface area (Å²) < 4.78 is 1.93. The summed E-state index contributed by atoms with van der Waals surface area (Å²) in [5.74, 6) is 0. The third kappa shape index (κ3) is 1.71. The van der Waals surface area contributed by atoms with Gasteiger partial charge in [-0.1, -0.05) is 24.8 Å². The molecule has 0 aliphatic rings. The third-order valence-electron chi connectivity index (χ3n) is 2.73. The van der Waals surface area contributed by atoms with Crippen molar-refractivity contribution in [3.05, 3.63) is 60.2 Å². The summed E-state index contributed by atoms with van der Waals surface area (Å²) in [4.78, 5) is 4.02. The van der Waals surface area contributed by atoms with E-state index in [1.165, 1.54) is 16.7 Å². The van der Waals surface area contributed by atoms with Gasteiger partial charge in [0, 0.05) is 23.7 Å². The molecule has 0 aliphatic carbocycles. The van der Waals surface area contributed by atoms with Gasteiger partial charge in [-0.3, -0.25) is 0 Å². The summed E-state index contributed by atoms with van der Waals surface area (Å²) in [5.41, 5.74) is 4.70. The average molecular weight is 198 g/mol. The van der Waals surface area contributed by atoms with Crippen LogP contribution in [0.3, 0.4) is 0 Å². The highest BCUT2D eigenvalue weighted by molar-refractivity contribution is 5.67. The van der Waals surface area contributed by atoms with Crippen molar-refractivity contribution in [1.29, 1.82) is 0 Å². The van der Waals surface area contributed by atoms with E-state index in [-0.39, 0.29) is 0 Å². The van der Waals surface area contributed by atoms with E-state index in [1.54, 1.807) is 12.5 Å². The first-order valence-corrected chi connectivity index (χ1v) is 4.94. The molecular weight excluding hydrogens is 184 g/mol. The van der Waals surface area contributed by atoms with Crippen molar-refractivity contribution >= 4 is 5.70 Å². The molecule has 0 unspecified atom stereocenters. The smallest absolute Gasteiger partial charge is 0.0991 e. The predicted octanol–water partition coefficient (Wildman–Crippen LogP) is 3.02. The summed E-state index contributed by atoms with van der Waals surface area (Å²) >= 11 is 0. The lowest BCUT2D eigenvalue weighted by Crippen LogP contribution is -1.97. The zero-order chi connectivity index (χ0) is 10.8. The minimum atomic E-state index is 0.966. The van der Waals surface area contributed by atoms with Gasteiger partial charge in [0.2, 0.25) is 0 Å². The quantitative estimate of drug-likeness (QED) is 0.725. The maximum atomic E-state index is 4.09. The lowest BCUT2D eigenvalue weighted by molar-refractivity contribution is 1.08. The first-order chi connectivity index (χ1) is 7.20. The van der Waals surface area contributed by atoms with Crippen LogP contribution in [0.4, 0.5) is 0 Å². The molecule has 1 aromatic heterocycles. The Bertz CT molecular complexity index is 481. The Hall–Kier alpha value is -1.83. The van der Waals surface area contributed by atoms with Gasteiger partial charge in [-0.2, -0.15) is 0 Å². The molecule has 0 atom stereocenters. The van der Waals surface area contributed by atoms with E-state index in [2.05, 4.69) is 43.6 Å². The normalized spacial score (nSPS) is 10.3. The number of rotatable bonds is 2. The van der Waals surface area contributed by atoms with Gasteiger partial charge in [-0.05, 0) is 25.0 Å². The lowest BCUT2D eigenvalue weighted by atomic mass is 10.0. The number of hydrogen-bond donors (Lipinski definition) is 0. The minimum absolute atomic E-state index is 0.966.